The van der Waals surface area contributed by atoms with Crippen LogP contribution in [-0.4, -0.2) is 101 Å². The van der Waals surface area contributed by atoms with Crippen LogP contribution in [0.25, 0.3) is 6.08 Å². The predicted octanol–water partition coefficient (Wildman–Crippen LogP) is 2.37. The minimum atomic E-state index is -1.42. The summed E-state index contributed by atoms with van der Waals surface area (Å²) in [5.41, 5.74) is 2.07. The summed E-state index contributed by atoms with van der Waals surface area (Å²) in [5.74, 6) is -1.17. The summed E-state index contributed by atoms with van der Waals surface area (Å²) in [7, 11) is 1.57. The number of aliphatic hydroxyl groups is 1. The van der Waals surface area contributed by atoms with Gasteiger partial charge in [-0.1, -0.05) is 84.9 Å². The van der Waals surface area contributed by atoms with Crippen molar-refractivity contribution >= 4 is 23.9 Å². The van der Waals surface area contributed by atoms with Crippen LogP contribution in [0, 0.1) is 5.41 Å². The Morgan fingerprint density at radius 2 is 1.76 bits per heavy atom. The molecule has 0 aromatic heterocycles. The predicted molar refractivity (Wildman–Crippen MR) is 180 cm³/mol. The molecule has 4 fully saturated rings. The Morgan fingerprint density at radius 3 is 2.52 bits per heavy atom. The van der Waals surface area contributed by atoms with Crippen LogP contribution in [-0.2, 0) is 52.8 Å². The molecule has 0 spiro atoms. The van der Waals surface area contributed by atoms with Crippen molar-refractivity contribution in [1.29, 1.82) is 0 Å². The first-order chi connectivity index (χ1) is 24.3. The number of hydrogen-bond donors (Lipinski definition) is 3. The first-order valence-electron chi connectivity index (χ1n) is 16.9. The van der Waals surface area contributed by atoms with E-state index in [1.54, 1.807) is 19.2 Å². The molecule has 7 atom stereocenters. The highest BCUT2D eigenvalue weighted by Gasteiger charge is 2.75. The molecule has 50 heavy (non-hydrogen) atoms. The van der Waals surface area contributed by atoms with E-state index >= 15 is 0 Å². The number of nitrogens with zero attached hydrogens (tertiary/aromatic N) is 2. The third-order valence-corrected chi connectivity index (χ3v) is 10.2. The van der Waals surface area contributed by atoms with Gasteiger partial charge in [-0.3, -0.25) is 19.2 Å². The van der Waals surface area contributed by atoms with Crippen molar-refractivity contribution in [1.82, 2.24) is 15.3 Å². The Balaban J connectivity index is 1.15. The first-order valence-corrected chi connectivity index (χ1v) is 16.9. The molecule has 3 aromatic rings. The lowest BCUT2D eigenvalue weighted by atomic mass is 9.62. The maximum atomic E-state index is 15.0. The number of nitrogens with one attached hydrogen (secondary N) is 1. The number of esters is 1. The zero-order chi connectivity index (χ0) is 34.8. The van der Waals surface area contributed by atoms with E-state index in [0.29, 0.717) is 6.42 Å². The van der Waals surface area contributed by atoms with E-state index in [-0.39, 0.29) is 45.1 Å². The number of fused-ring (bicyclic) bond motifs is 4. The smallest absolute Gasteiger partial charge is 0.327 e. The largest absolute Gasteiger partial charge is 0.508 e. The van der Waals surface area contributed by atoms with Gasteiger partial charge < -0.3 is 34.6 Å². The van der Waals surface area contributed by atoms with Crippen LogP contribution in [0.1, 0.15) is 28.7 Å². The maximum absolute atomic E-state index is 15.0. The summed E-state index contributed by atoms with van der Waals surface area (Å²) >= 11 is 0. The second-order valence-electron chi connectivity index (χ2n) is 13.2. The minimum Gasteiger partial charge on any atom is -0.508 e. The van der Waals surface area contributed by atoms with Gasteiger partial charge in [-0.2, -0.15) is 5.06 Å². The molecule has 2 amide bonds. The molecule has 0 unspecified atom stereocenters. The zero-order valence-corrected chi connectivity index (χ0v) is 27.7. The Kier molecular flexibility index (Phi) is 9.71. The SMILES string of the molecule is CN(C(=O)[C@@]12C[C@H]3OC(=O)[C@@H]1N(Cc1ccc(C=CCc4ccccc4O)cc1)O[C@@H]2[C@H]1OCO[C@H]13)[C@H](Cc1ccccc1)C(=O)NCCO. The number of ether oxygens (including phenoxy) is 3. The van der Waals surface area contributed by atoms with Crippen LogP contribution < -0.4 is 5.32 Å². The molecule has 3 aromatic carbocycles. The lowest BCUT2D eigenvalue weighted by molar-refractivity contribution is -0.204. The number of phenols is 1. The normalized spacial score (nSPS) is 27.5. The summed E-state index contributed by atoms with van der Waals surface area (Å²) in [5, 5.41) is 23.7. The van der Waals surface area contributed by atoms with Crippen molar-refractivity contribution in [3.8, 4) is 5.75 Å². The van der Waals surface area contributed by atoms with E-state index in [2.05, 4.69) is 5.32 Å². The van der Waals surface area contributed by atoms with Gasteiger partial charge >= 0.3 is 5.97 Å². The summed E-state index contributed by atoms with van der Waals surface area (Å²) in [4.78, 5) is 50.3. The topological polar surface area (TPSA) is 147 Å². The molecule has 0 radical (unpaired) electrons. The van der Waals surface area contributed by atoms with Crippen molar-refractivity contribution in [2.75, 3.05) is 27.0 Å². The zero-order valence-electron chi connectivity index (χ0n) is 27.7. The van der Waals surface area contributed by atoms with Crippen molar-refractivity contribution in [3.63, 3.8) is 0 Å². The van der Waals surface area contributed by atoms with Crippen molar-refractivity contribution < 1.29 is 43.6 Å². The number of aromatic hydroxyl groups is 1. The molecule has 2 bridgehead atoms. The van der Waals surface area contributed by atoms with E-state index < -0.39 is 59.7 Å². The molecule has 7 rings (SSSR count). The summed E-state index contributed by atoms with van der Waals surface area (Å²) in [6.07, 6.45) is 2.06. The number of phenolic OH excluding ortho intramolecular Hbond substituents is 1. The van der Waals surface area contributed by atoms with Gasteiger partial charge in [-0.15, -0.1) is 0 Å². The van der Waals surface area contributed by atoms with E-state index in [1.807, 2.05) is 78.9 Å². The molecule has 1 aliphatic carbocycles. The highest BCUT2D eigenvalue weighted by molar-refractivity contribution is 5.96. The number of amides is 2. The molecule has 12 nitrogen and oxygen atoms in total. The van der Waals surface area contributed by atoms with Crippen molar-refractivity contribution in [2.24, 2.45) is 5.41 Å². The second kappa shape index (κ2) is 14.3. The number of rotatable bonds is 12. The van der Waals surface area contributed by atoms with E-state index in [9.17, 15) is 24.6 Å². The highest BCUT2D eigenvalue weighted by atomic mass is 16.8. The first kappa shape index (κ1) is 33.9. The molecule has 262 valence electrons. The van der Waals surface area contributed by atoms with Gasteiger partial charge in [-0.25, -0.2) is 0 Å². The van der Waals surface area contributed by atoms with Gasteiger partial charge in [0.15, 0.2) is 6.04 Å². The summed E-state index contributed by atoms with van der Waals surface area (Å²) < 4.78 is 17.8. The minimum absolute atomic E-state index is 0.0207. The highest BCUT2D eigenvalue weighted by Crippen LogP contribution is 2.56. The van der Waals surface area contributed by atoms with Crippen molar-refractivity contribution in [2.45, 2.75) is 62.3 Å². The fraction of sp³-hybridized carbons (Fsp3) is 0.395. The molecule has 12 heteroatoms. The monoisotopic (exact) mass is 683 g/mol. The number of aliphatic hydroxyl groups excluding tert-OH is 1. The van der Waals surface area contributed by atoms with Crippen LogP contribution in [0.2, 0.25) is 0 Å². The molecule has 4 aliphatic rings. The molecular weight excluding hydrogens is 642 g/mol. The average molecular weight is 684 g/mol. The molecule has 1 saturated carbocycles. The quantitative estimate of drug-likeness (QED) is 0.243. The number of likely N-dealkylation sites (N-methyl/N-ethyl adjacent to an activating group) is 1. The van der Waals surface area contributed by atoms with Gasteiger partial charge in [0, 0.05) is 26.4 Å². The number of hydroxylamine groups is 2. The number of allylic oxidation sites excluding steroid dienone is 1. The van der Waals surface area contributed by atoms with Crippen LogP contribution in [0.15, 0.2) is 84.9 Å². The van der Waals surface area contributed by atoms with Crippen LogP contribution in [0.4, 0.5) is 0 Å². The summed E-state index contributed by atoms with van der Waals surface area (Å²) in [6.45, 7) is -0.0485. The molecule has 3 N–H and O–H groups in total. The maximum Gasteiger partial charge on any atom is 0.327 e. The lowest BCUT2D eigenvalue weighted by Gasteiger charge is -2.50. The van der Waals surface area contributed by atoms with Gasteiger partial charge in [0.05, 0.1) is 13.2 Å². The van der Waals surface area contributed by atoms with Crippen LogP contribution >= 0.6 is 0 Å². The standard InChI is InChI=1S/C38H41N3O9/c1-40(28(35(44)39-18-19-42)20-25-8-3-2-4-9-25)37(46)38-21-30-31-32(48-23-47-31)34(38)50-41(33(38)36(45)49-30)22-26-16-14-24(15-17-26)10-7-12-27-11-5-6-13-29(27)43/h2-11,13-17,28,30-34,42-43H,12,18-23H2,1H3,(H,39,44)/t28-,30-,31+,32+,33+,34-,38+/m1/s1. The van der Waals surface area contributed by atoms with E-state index in [4.69, 9.17) is 19.0 Å². The van der Waals surface area contributed by atoms with E-state index in [0.717, 1.165) is 22.3 Å². The Morgan fingerprint density at radius 1 is 1.02 bits per heavy atom. The van der Waals surface area contributed by atoms with Gasteiger partial charge in [0.1, 0.15) is 48.4 Å². The summed E-state index contributed by atoms with van der Waals surface area (Å²) in [6, 6.07) is 22.3. The number of carbonyl (C=O) groups excluding carboxylic acids is 3. The number of carbonyl (C=O) groups is 3. The van der Waals surface area contributed by atoms with E-state index in [1.165, 1.54) is 9.96 Å². The van der Waals surface area contributed by atoms with Gasteiger partial charge in [-0.05, 0) is 34.7 Å². The van der Waals surface area contributed by atoms with Gasteiger partial charge in [0.2, 0.25) is 11.8 Å². The fourth-order valence-corrected chi connectivity index (χ4v) is 7.74. The molecule has 3 aliphatic heterocycles. The molecule has 3 saturated heterocycles. The van der Waals surface area contributed by atoms with Crippen molar-refractivity contribution in [3.05, 3.63) is 107 Å². The number of para-hydroxylation sites is 1. The van der Waals surface area contributed by atoms with Crippen LogP contribution in [0.3, 0.4) is 0 Å². The second-order valence-corrected chi connectivity index (χ2v) is 13.2. The number of benzene rings is 3. The third kappa shape index (κ3) is 6.29. The third-order valence-electron chi connectivity index (χ3n) is 10.2. The Bertz CT molecular complexity index is 1730. The van der Waals surface area contributed by atoms with Gasteiger partial charge in [0.25, 0.3) is 0 Å². The molecular formula is C38H41N3O9. The lowest BCUT2D eigenvalue weighted by Crippen LogP contribution is -2.70. The Hall–Kier alpha value is -4.59. The number of hydrogen-bond acceptors (Lipinski definition) is 10. The molecule has 3 heterocycles. The Labute approximate surface area is 290 Å². The average Bonchev–Trinajstić information content (AvgIpc) is 3.76. The fourth-order valence-electron chi connectivity index (χ4n) is 7.74. The van der Waals surface area contributed by atoms with Crippen LogP contribution in [0.5, 0.6) is 5.75 Å².